The van der Waals surface area contributed by atoms with Gasteiger partial charge >= 0.3 is 19.8 Å². The predicted octanol–water partition coefficient (Wildman–Crippen LogP) is 15.9. The van der Waals surface area contributed by atoms with Crippen molar-refractivity contribution in [3.63, 3.8) is 0 Å². The average molecular weight is 972 g/mol. The topological polar surface area (TPSA) is 134 Å². The van der Waals surface area contributed by atoms with E-state index in [0.29, 0.717) is 12.8 Å². The molecule has 0 radical (unpaired) electrons. The van der Waals surface area contributed by atoms with Crippen LogP contribution in [0.1, 0.15) is 155 Å². The summed E-state index contributed by atoms with van der Waals surface area (Å²) >= 11 is 0. The molecule has 0 saturated heterocycles. The molecule has 9 nitrogen and oxygen atoms in total. The molecule has 0 aliphatic heterocycles. The number of carbonyl (C=O) groups is 2. The van der Waals surface area contributed by atoms with E-state index in [4.69, 9.17) is 24.3 Å². The Kier molecular flexibility index (Phi) is 49.2. The highest BCUT2D eigenvalue weighted by Gasteiger charge is 2.26. The van der Waals surface area contributed by atoms with Crippen molar-refractivity contribution in [1.82, 2.24) is 0 Å². The number of carbonyl (C=O) groups excluding carboxylic acids is 2. The van der Waals surface area contributed by atoms with Crippen molar-refractivity contribution in [1.29, 1.82) is 0 Å². The van der Waals surface area contributed by atoms with Gasteiger partial charge in [-0.3, -0.25) is 18.6 Å². The molecule has 0 fully saturated rings. The molecule has 0 saturated carbocycles. The molecule has 0 aromatic heterocycles. The Morgan fingerprint density at radius 3 is 1.06 bits per heavy atom. The van der Waals surface area contributed by atoms with Crippen LogP contribution in [0.2, 0.25) is 0 Å². The van der Waals surface area contributed by atoms with Crippen molar-refractivity contribution in [3.8, 4) is 0 Å². The second-order valence-electron chi connectivity index (χ2n) is 15.9. The first-order chi connectivity index (χ1) is 33.8. The second kappa shape index (κ2) is 52.7. The molecule has 0 bridgehead atoms. The van der Waals surface area contributed by atoms with Gasteiger partial charge in [0, 0.05) is 19.4 Å². The lowest BCUT2D eigenvalue weighted by atomic mass is 10.1. The zero-order valence-corrected chi connectivity index (χ0v) is 43.4. The molecule has 2 atom stereocenters. The van der Waals surface area contributed by atoms with Crippen LogP contribution in [0.3, 0.4) is 0 Å². The van der Waals surface area contributed by atoms with Crippen LogP contribution >= 0.6 is 7.82 Å². The van der Waals surface area contributed by atoms with Gasteiger partial charge in [-0.05, 0) is 128 Å². The molecule has 69 heavy (non-hydrogen) atoms. The quantitative estimate of drug-likeness (QED) is 0.0265. The first kappa shape index (κ1) is 64.4. The van der Waals surface area contributed by atoms with Crippen LogP contribution in [0.4, 0.5) is 0 Å². The standard InChI is InChI=1S/C59H90NO8P/c1-3-5-7-9-11-13-15-17-19-20-21-22-23-24-25-26-27-28-29-30-31-32-33-34-35-36-38-40-42-44-46-48-50-52-59(62)68-57(56-67-69(63,64)66-54-53-60)55-65-58(61)51-49-47-45-43-41-39-37-18-16-14-12-10-8-6-4-2/h5-8,11-14,17-19,21-22,24-25,27-28,30-31,33-34,36-38,41-44,57H,3-4,9-10,15-16,20,23,26,29,32,35,39-40,45-56,60H2,1-2H3,(H,63,64)/b7-5-,8-6-,13-11-,14-12-,19-17-,22-21-,25-24-,28-27-,31-30-,34-33-,37-18-,38-36-,43-41-,44-42-. The molecule has 0 spiro atoms. The van der Waals surface area contributed by atoms with E-state index in [1.165, 1.54) is 0 Å². The monoisotopic (exact) mass is 972 g/mol. The first-order valence-corrected chi connectivity index (χ1v) is 27.1. The maximum atomic E-state index is 12.6. The summed E-state index contributed by atoms with van der Waals surface area (Å²) < 4.78 is 32.8. The zero-order valence-electron chi connectivity index (χ0n) is 42.5. The van der Waals surface area contributed by atoms with Gasteiger partial charge in [0.2, 0.25) is 0 Å². The third kappa shape index (κ3) is 52.6. The fourth-order valence-electron chi connectivity index (χ4n) is 5.89. The van der Waals surface area contributed by atoms with Crippen LogP contribution in [0.15, 0.2) is 170 Å². The lowest BCUT2D eigenvalue weighted by molar-refractivity contribution is -0.161. The molecule has 0 aromatic rings. The van der Waals surface area contributed by atoms with Gasteiger partial charge < -0.3 is 20.1 Å². The number of nitrogens with two attached hydrogens (primary N) is 1. The van der Waals surface area contributed by atoms with Crippen molar-refractivity contribution in [2.45, 2.75) is 161 Å². The van der Waals surface area contributed by atoms with Gasteiger partial charge in [-0.25, -0.2) is 4.57 Å². The predicted molar refractivity (Wildman–Crippen MR) is 293 cm³/mol. The Labute approximate surface area is 419 Å². The smallest absolute Gasteiger partial charge is 0.462 e. The third-order valence-corrected chi connectivity index (χ3v) is 10.6. The Bertz CT molecular complexity index is 1720. The summed E-state index contributed by atoms with van der Waals surface area (Å²) in [4.78, 5) is 35.0. The van der Waals surface area contributed by atoms with Gasteiger partial charge in [0.05, 0.1) is 13.2 Å². The molecule has 0 aromatic carbocycles. The Balaban J connectivity index is 4.22. The van der Waals surface area contributed by atoms with E-state index in [2.05, 4.69) is 184 Å². The van der Waals surface area contributed by atoms with Crippen LogP contribution < -0.4 is 5.73 Å². The van der Waals surface area contributed by atoms with E-state index >= 15 is 0 Å². The average Bonchev–Trinajstić information content (AvgIpc) is 3.34. The largest absolute Gasteiger partial charge is 0.472 e. The molecule has 10 heteroatoms. The van der Waals surface area contributed by atoms with Crippen LogP contribution in [0.25, 0.3) is 0 Å². The Morgan fingerprint density at radius 1 is 0.435 bits per heavy atom. The SMILES string of the molecule is CC/C=C\C/C=C\C/C=C\C/C=C\C/C=C\C/C=C\C/C=C\C/C=C\C/C=C\C/C=C\CCCCC(=O)OC(COC(=O)CCCC/C=C\C/C=C\C/C=C\C/C=C\CC)COP(=O)(O)OCCN. The van der Waals surface area contributed by atoms with Crippen LogP contribution in [-0.4, -0.2) is 49.3 Å². The van der Waals surface area contributed by atoms with Crippen LogP contribution in [0, 0.1) is 0 Å². The maximum Gasteiger partial charge on any atom is 0.472 e. The maximum absolute atomic E-state index is 12.6. The van der Waals surface area contributed by atoms with Gasteiger partial charge in [0.25, 0.3) is 0 Å². The lowest BCUT2D eigenvalue weighted by Crippen LogP contribution is -2.29. The summed E-state index contributed by atoms with van der Waals surface area (Å²) in [6.45, 7) is 3.36. The van der Waals surface area contributed by atoms with Crippen molar-refractivity contribution in [2.75, 3.05) is 26.4 Å². The minimum Gasteiger partial charge on any atom is -0.462 e. The fourth-order valence-corrected chi connectivity index (χ4v) is 6.65. The summed E-state index contributed by atoms with van der Waals surface area (Å²) in [6.07, 6.45) is 78.4. The van der Waals surface area contributed by atoms with Gasteiger partial charge in [0.1, 0.15) is 6.61 Å². The lowest BCUT2D eigenvalue weighted by Gasteiger charge is -2.19. The molecule has 0 aliphatic carbocycles. The van der Waals surface area contributed by atoms with E-state index in [0.717, 1.165) is 116 Å². The molecule has 0 amide bonds. The number of phosphoric ester groups is 1. The van der Waals surface area contributed by atoms with Crippen molar-refractivity contribution >= 4 is 19.8 Å². The van der Waals surface area contributed by atoms with E-state index < -0.39 is 32.5 Å². The summed E-state index contributed by atoms with van der Waals surface area (Å²) in [5, 5.41) is 0. The summed E-state index contributed by atoms with van der Waals surface area (Å²) in [5.41, 5.74) is 5.35. The molecule has 0 aliphatic rings. The van der Waals surface area contributed by atoms with Gasteiger partial charge in [-0.1, -0.05) is 184 Å². The molecule has 0 rings (SSSR count). The highest BCUT2D eigenvalue weighted by molar-refractivity contribution is 7.47. The molecule has 3 N–H and O–H groups in total. The third-order valence-electron chi connectivity index (χ3n) is 9.60. The molecule has 0 heterocycles. The summed E-state index contributed by atoms with van der Waals surface area (Å²) in [6, 6.07) is 0. The first-order valence-electron chi connectivity index (χ1n) is 25.6. The Hall–Kier alpha value is -4.63. The van der Waals surface area contributed by atoms with E-state index in [1.807, 2.05) is 0 Å². The minimum absolute atomic E-state index is 0.0298. The normalized spacial score (nSPS) is 14.6. The second-order valence-corrected chi connectivity index (χ2v) is 17.4. The van der Waals surface area contributed by atoms with Crippen molar-refractivity contribution < 1.29 is 37.6 Å². The molecule has 384 valence electrons. The molecular weight excluding hydrogens is 882 g/mol. The number of hydrogen-bond donors (Lipinski definition) is 2. The van der Waals surface area contributed by atoms with E-state index in [9.17, 15) is 19.0 Å². The van der Waals surface area contributed by atoms with Crippen molar-refractivity contribution in [2.24, 2.45) is 5.73 Å². The number of esters is 2. The molecular formula is C59H90NO8P. The van der Waals surface area contributed by atoms with Gasteiger partial charge in [0.15, 0.2) is 6.10 Å². The number of unbranched alkanes of at least 4 members (excludes halogenated alkanes) is 4. The number of hydrogen-bond acceptors (Lipinski definition) is 8. The fraction of sp³-hybridized carbons (Fsp3) is 0.492. The van der Waals surface area contributed by atoms with Crippen LogP contribution in [-0.2, 0) is 32.7 Å². The number of allylic oxidation sites excluding steroid dienone is 28. The Morgan fingerprint density at radius 2 is 0.739 bits per heavy atom. The van der Waals surface area contributed by atoms with Gasteiger partial charge in [-0.15, -0.1) is 0 Å². The summed E-state index contributed by atoms with van der Waals surface area (Å²) in [7, 11) is -4.42. The highest BCUT2D eigenvalue weighted by atomic mass is 31.2. The van der Waals surface area contributed by atoms with E-state index in [1.54, 1.807) is 0 Å². The zero-order chi connectivity index (χ0) is 50.2. The van der Waals surface area contributed by atoms with E-state index in [-0.39, 0.29) is 32.6 Å². The minimum atomic E-state index is -4.42. The summed E-state index contributed by atoms with van der Waals surface area (Å²) in [5.74, 6) is -0.948. The van der Waals surface area contributed by atoms with Crippen LogP contribution in [0.5, 0.6) is 0 Å². The van der Waals surface area contributed by atoms with Crippen molar-refractivity contribution in [3.05, 3.63) is 170 Å². The number of phosphoric acid groups is 1. The van der Waals surface area contributed by atoms with Gasteiger partial charge in [-0.2, -0.15) is 0 Å². The number of rotatable bonds is 45. The number of ether oxygens (including phenoxy) is 2. The molecule has 2 unspecified atom stereocenters. The highest BCUT2D eigenvalue weighted by Crippen LogP contribution is 2.43.